The average molecular weight is 718 g/mol. The van der Waals surface area contributed by atoms with Crippen molar-refractivity contribution in [3.63, 3.8) is 0 Å². The Kier molecular flexibility index (Phi) is 8.34. The van der Waals surface area contributed by atoms with Crippen molar-refractivity contribution < 1.29 is 4.74 Å². The number of fused-ring (bicyclic) bond motifs is 2. The van der Waals surface area contributed by atoms with Crippen molar-refractivity contribution >= 4 is 0 Å². The minimum Gasteiger partial charge on any atom is -0.457 e. The van der Waals surface area contributed by atoms with Gasteiger partial charge in [0, 0.05) is 27.8 Å². The Morgan fingerprint density at radius 1 is 0.286 bits per heavy atom. The smallest absolute Gasteiger partial charge is 0.164 e. The summed E-state index contributed by atoms with van der Waals surface area (Å²) in [6.45, 7) is 0. The minimum atomic E-state index is -0.552. The number of nitrogens with zero attached hydrogens (tertiary/aromatic N) is 3. The predicted molar refractivity (Wildman–Crippen MR) is 225 cm³/mol. The summed E-state index contributed by atoms with van der Waals surface area (Å²) in [4.78, 5) is 14.9. The lowest BCUT2D eigenvalue weighted by Crippen LogP contribution is -2.34. The SMILES string of the molecule is c1ccc(-c2ccc(-c3nc(-c4ccccc4)nc(-c4ccc(-c5ccc6c(c5)Oc5ccccc5C6(c5ccccc5)c5ccccc5)cc4)n3)cc2)cc1. The number of hydrogen-bond acceptors (Lipinski definition) is 4. The highest BCUT2D eigenvalue weighted by Gasteiger charge is 2.45. The molecule has 0 N–H and O–H groups in total. The Morgan fingerprint density at radius 2 is 0.643 bits per heavy atom. The molecule has 0 unspecified atom stereocenters. The molecular formula is C52H35N3O. The van der Waals surface area contributed by atoms with Crippen LogP contribution >= 0.6 is 0 Å². The number of rotatable bonds is 7. The van der Waals surface area contributed by atoms with Gasteiger partial charge in [-0.3, -0.25) is 0 Å². The van der Waals surface area contributed by atoms with Gasteiger partial charge in [-0.05, 0) is 45.5 Å². The molecule has 10 rings (SSSR count). The molecule has 0 atom stereocenters. The van der Waals surface area contributed by atoms with Gasteiger partial charge in [0.05, 0.1) is 5.41 Å². The van der Waals surface area contributed by atoms with E-state index in [0.29, 0.717) is 17.5 Å². The molecule has 1 aromatic heterocycles. The number of aromatic nitrogens is 3. The van der Waals surface area contributed by atoms with Crippen LogP contribution in [0.25, 0.3) is 56.4 Å². The van der Waals surface area contributed by atoms with E-state index < -0.39 is 5.41 Å². The van der Waals surface area contributed by atoms with E-state index in [1.54, 1.807) is 0 Å². The molecule has 9 aromatic rings. The second kappa shape index (κ2) is 14.1. The maximum absolute atomic E-state index is 6.75. The fraction of sp³-hybridized carbons (Fsp3) is 0.0192. The highest BCUT2D eigenvalue weighted by Crippen LogP contribution is 2.55. The Hall–Kier alpha value is -7.43. The van der Waals surface area contributed by atoms with Gasteiger partial charge in [-0.2, -0.15) is 0 Å². The standard InChI is InChI=1S/C52H35N3O/c1-5-15-36(16-6-1)37-25-29-40(30-26-37)50-53-49(39-17-7-2-8-18-39)54-51(55-50)41-31-27-38(28-32-41)42-33-34-46-48(35-42)56-47-24-14-13-23-45(47)52(46,43-19-9-3-10-20-43)44-21-11-4-12-22-44/h1-35H. The van der Waals surface area contributed by atoms with E-state index in [9.17, 15) is 0 Å². The van der Waals surface area contributed by atoms with Crippen molar-refractivity contribution in [1.82, 2.24) is 15.0 Å². The third kappa shape index (κ3) is 5.85. The van der Waals surface area contributed by atoms with Gasteiger partial charge in [-0.15, -0.1) is 0 Å². The largest absolute Gasteiger partial charge is 0.457 e. The van der Waals surface area contributed by atoms with Crippen LogP contribution in [0.5, 0.6) is 11.5 Å². The molecule has 0 bridgehead atoms. The van der Waals surface area contributed by atoms with Crippen molar-refractivity contribution in [1.29, 1.82) is 0 Å². The van der Waals surface area contributed by atoms with Gasteiger partial charge in [-0.1, -0.05) is 200 Å². The summed E-state index contributed by atoms with van der Waals surface area (Å²) in [5, 5.41) is 0. The molecule has 0 amide bonds. The van der Waals surface area contributed by atoms with Crippen LogP contribution in [-0.4, -0.2) is 15.0 Å². The molecular weight excluding hydrogens is 683 g/mol. The first-order valence-electron chi connectivity index (χ1n) is 18.9. The molecule has 0 fully saturated rings. The number of benzene rings is 8. The van der Waals surface area contributed by atoms with Crippen LogP contribution in [0.4, 0.5) is 0 Å². The topological polar surface area (TPSA) is 47.9 Å². The summed E-state index contributed by atoms with van der Waals surface area (Å²) in [6.07, 6.45) is 0. The van der Waals surface area contributed by atoms with Gasteiger partial charge < -0.3 is 4.74 Å². The molecule has 4 nitrogen and oxygen atoms in total. The van der Waals surface area contributed by atoms with Gasteiger partial charge in [0.25, 0.3) is 0 Å². The van der Waals surface area contributed by atoms with E-state index in [-0.39, 0.29) is 0 Å². The van der Waals surface area contributed by atoms with Crippen molar-refractivity contribution in [3.05, 3.63) is 235 Å². The quantitative estimate of drug-likeness (QED) is 0.165. The maximum Gasteiger partial charge on any atom is 0.164 e. The van der Waals surface area contributed by atoms with Crippen LogP contribution in [0, 0.1) is 0 Å². The molecule has 0 radical (unpaired) electrons. The van der Waals surface area contributed by atoms with Crippen LogP contribution in [-0.2, 0) is 5.41 Å². The van der Waals surface area contributed by atoms with Crippen molar-refractivity contribution in [2.45, 2.75) is 5.41 Å². The third-order valence-electron chi connectivity index (χ3n) is 10.7. The van der Waals surface area contributed by atoms with Crippen molar-refractivity contribution in [2.75, 3.05) is 0 Å². The molecule has 8 aromatic carbocycles. The summed E-state index contributed by atoms with van der Waals surface area (Å²) < 4.78 is 6.75. The van der Waals surface area contributed by atoms with Crippen LogP contribution in [0.15, 0.2) is 212 Å². The van der Waals surface area contributed by atoms with Crippen LogP contribution in [0.1, 0.15) is 22.3 Å². The summed E-state index contributed by atoms with van der Waals surface area (Å²) in [5.74, 6) is 3.58. The zero-order chi connectivity index (χ0) is 37.3. The molecule has 0 spiro atoms. The second-order valence-corrected chi connectivity index (χ2v) is 14.0. The van der Waals surface area contributed by atoms with Gasteiger partial charge in [-0.25, -0.2) is 15.0 Å². The highest BCUT2D eigenvalue weighted by molar-refractivity contribution is 5.76. The molecule has 1 aliphatic heterocycles. The second-order valence-electron chi connectivity index (χ2n) is 14.0. The third-order valence-corrected chi connectivity index (χ3v) is 10.7. The maximum atomic E-state index is 6.75. The highest BCUT2D eigenvalue weighted by atomic mass is 16.5. The lowest BCUT2D eigenvalue weighted by atomic mass is 9.63. The fourth-order valence-corrected chi connectivity index (χ4v) is 7.99. The molecule has 56 heavy (non-hydrogen) atoms. The Labute approximate surface area is 326 Å². The van der Waals surface area contributed by atoms with E-state index in [1.165, 1.54) is 16.7 Å². The van der Waals surface area contributed by atoms with Crippen LogP contribution < -0.4 is 4.74 Å². The number of para-hydroxylation sites is 1. The van der Waals surface area contributed by atoms with E-state index in [0.717, 1.165) is 56.0 Å². The monoisotopic (exact) mass is 717 g/mol. The van der Waals surface area contributed by atoms with Gasteiger partial charge in [0.1, 0.15) is 11.5 Å². The zero-order valence-corrected chi connectivity index (χ0v) is 30.5. The number of hydrogen-bond donors (Lipinski definition) is 0. The first-order chi connectivity index (χ1) is 27.7. The fourth-order valence-electron chi connectivity index (χ4n) is 7.99. The van der Waals surface area contributed by atoms with Crippen molar-refractivity contribution in [3.8, 4) is 67.9 Å². The molecule has 1 aliphatic rings. The van der Waals surface area contributed by atoms with Crippen LogP contribution in [0.3, 0.4) is 0 Å². The normalized spacial score (nSPS) is 12.6. The minimum absolute atomic E-state index is 0.552. The van der Waals surface area contributed by atoms with Crippen LogP contribution in [0.2, 0.25) is 0 Å². The summed E-state index contributed by atoms with van der Waals surface area (Å²) in [7, 11) is 0. The van der Waals surface area contributed by atoms with Crippen molar-refractivity contribution in [2.24, 2.45) is 0 Å². The van der Waals surface area contributed by atoms with Gasteiger partial charge >= 0.3 is 0 Å². The van der Waals surface area contributed by atoms with Gasteiger partial charge in [0.2, 0.25) is 0 Å². The predicted octanol–water partition coefficient (Wildman–Crippen LogP) is 12.7. The Bertz CT molecular complexity index is 2750. The Balaban J connectivity index is 1.04. The summed E-state index contributed by atoms with van der Waals surface area (Å²) >= 11 is 0. The molecule has 0 saturated heterocycles. The van der Waals surface area contributed by atoms with E-state index >= 15 is 0 Å². The van der Waals surface area contributed by atoms with Gasteiger partial charge in [0.15, 0.2) is 17.5 Å². The first-order valence-corrected chi connectivity index (χ1v) is 18.9. The van der Waals surface area contributed by atoms with E-state index in [4.69, 9.17) is 19.7 Å². The molecule has 264 valence electrons. The Morgan fingerprint density at radius 3 is 1.18 bits per heavy atom. The molecule has 4 heteroatoms. The zero-order valence-electron chi connectivity index (χ0n) is 30.5. The summed E-state index contributed by atoms with van der Waals surface area (Å²) in [5.41, 5.74) is 11.3. The lowest BCUT2D eigenvalue weighted by molar-refractivity contribution is 0.435. The molecule has 2 heterocycles. The first kappa shape index (κ1) is 33.2. The average Bonchev–Trinajstić information content (AvgIpc) is 3.29. The number of ether oxygens (including phenoxy) is 1. The summed E-state index contributed by atoms with van der Waals surface area (Å²) in [6, 6.07) is 73.9. The van der Waals surface area contributed by atoms with E-state index in [2.05, 4.69) is 170 Å². The lowest BCUT2D eigenvalue weighted by Gasteiger charge is -2.41. The molecule has 0 aliphatic carbocycles. The van der Waals surface area contributed by atoms with E-state index in [1.807, 2.05) is 42.5 Å². The molecule has 0 saturated carbocycles.